The number of hydrogen-bond donors (Lipinski definition) is 3. The molecule has 2 aromatic heterocycles. The lowest BCUT2D eigenvalue weighted by atomic mass is 10.2. The van der Waals surface area contributed by atoms with Gasteiger partial charge in [-0.05, 0) is 26.0 Å². The number of nitrogens with zero attached hydrogens (tertiary/aromatic N) is 3. The first-order valence-corrected chi connectivity index (χ1v) is 6.35. The Morgan fingerprint density at radius 3 is 2.80 bits per heavy atom. The van der Waals surface area contributed by atoms with Crippen LogP contribution >= 0.6 is 0 Å². The van der Waals surface area contributed by atoms with E-state index in [0.29, 0.717) is 19.0 Å². The van der Waals surface area contributed by atoms with Crippen molar-refractivity contribution in [1.82, 2.24) is 15.0 Å². The Labute approximate surface area is 116 Å². The topological polar surface area (TPSA) is 111 Å². The molecule has 0 amide bonds. The molecule has 0 fully saturated rings. The molecule has 0 radical (unpaired) electrons. The Bertz CT molecular complexity index is 531. The maximum Gasteiger partial charge on any atom is 0.323 e. The molecule has 0 bridgehead atoms. The second-order valence-corrected chi connectivity index (χ2v) is 4.17. The van der Waals surface area contributed by atoms with Gasteiger partial charge in [-0.25, -0.2) is 5.84 Å². The van der Waals surface area contributed by atoms with Crippen LogP contribution in [-0.2, 0) is 6.42 Å². The van der Waals surface area contributed by atoms with Gasteiger partial charge in [0.15, 0.2) is 0 Å². The molecule has 0 saturated carbocycles. The van der Waals surface area contributed by atoms with E-state index in [-0.39, 0.29) is 18.0 Å². The van der Waals surface area contributed by atoms with E-state index >= 15 is 0 Å². The van der Waals surface area contributed by atoms with E-state index < -0.39 is 0 Å². The monoisotopic (exact) mass is 278 g/mol. The van der Waals surface area contributed by atoms with Crippen molar-refractivity contribution in [3.63, 3.8) is 0 Å². The minimum Gasteiger partial charge on any atom is -0.469 e. The summed E-state index contributed by atoms with van der Waals surface area (Å²) < 4.78 is 10.6. The van der Waals surface area contributed by atoms with E-state index in [2.05, 4.69) is 25.7 Å². The third kappa shape index (κ3) is 3.82. The van der Waals surface area contributed by atoms with E-state index in [9.17, 15) is 0 Å². The van der Waals surface area contributed by atoms with Crippen LogP contribution in [0.4, 0.5) is 11.9 Å². The van der Waals surface area contributed by atoms with Crippen LogP contribution in [0.25, 0.3) is 0 Å². The van der Waals surface area contributed by atoms with Gasteiger partial charge < -0.3 is 14.5 Å². The lowest BCUT2D eigenvalue weighted by Gasteiger charge is -2.13. The second kappa shape index (κ2) is 6.71. The molecule has 0 aliphatic carbocycles. The van der Waals surface area contributed by atoms with Gasteiger partial charge in [-0.15, -0.1) is 0 Å². The highest BCUT2D eigenvalue weighted by molar-refractivity contribution is 5.35. The van der Waals surface area contributed by atoms with Gasteiger partial charge in [0.2, 0.25) is 11.9 Å². The number of ether oxygens (including phenoxy) is 1. The van der Waals surface area contributed by atoms with Crippen LogP contribution in [0, 0.1) is 0 Å². The van der Waals surface area contributed by atoms with Gasteiger partial charge in [-0.3, -0.25) is 5.43 Å². The zero-order valence-electron chi connectivity index (χ0n) is 11.5. The van der Waals surface area contributed by atoms with Gasteiger partial charge >= 0.3 is 6.01 Å². The van der Waals surface area contributed by atoms with Crippen LogP contribution in [-0.4, -0.2) is 27.6 Å². The number of nitrogens with one attached hydrogen (secondary N) is 2. The molecule has 4 N–H and O–H groups in total. The molecular weight excluding hydrogens is 260 g/mol. The molecule has 0 saturated heterocycles. The number of nitrogen functional groups attached to an aromatic ring is 1. The summed E-state index contributed by atoms with van der Waals surface area (Å²) in [6, 6.07) is 4.09. The predicted octanol–water partition coefficient (Wildman–Crippen LogP) is 1.19. The first kappa shape index (κ1) is 14.1. The maximum absolute atomic E-state index is 5.32. The van der Waals surface area contributed by atoms with E-state index in [4.69, 9.17) is 15.0 Å². The van der Waals surface area contributed by atoms with Crippen LogP contribution in [0.5, 0.6) is 6.01 Å². The fourth-order valence-corrected chi connectivity index (χ4v) is 1.68. The Morgan fingerprint density at radius 1 is 1.35 bits per heavy atom. The molecule has 108 valence electrons. The van der Waals surface area contributed by atoms with Crippen molar-refractivity contribution in [1.29, 1.82) is 0 Å². The van der Waals surface area contributed by atoms with E-state index in [1.54, 1.807) is 6.26 Å². The summed E-state index contributed by atoms with van der Waals surface area (Å²) >= 11 is 0. The minimum absolute atomic E-state index is 0.0867. The number of anilines is 2. The molecule has 1 atom stereocenters. The smallest absolute Gasteiger partial charge is 0.323 e. The van der Waals surface area contributed by atoms with Gasteiger partial charge in [-0.2, -0.15) is 15.0 Å². The Hall–Kier alpha value is -2.35. The average molecular weight is 278 g/mol. The van der Waals surface area contributed by atoms with Gasteiger partial charge in [-0.1, -0.05) is 0 Å². The lowest BCUT2D eigenvalue weighted by molar-refractivity contribution is 0.312. The summed E-state index contributed by atoms with van der Waals surface area (Å²) in [5, 5.41) is 3.16. The quantitative estimate of drug-likeness (QED) is 0.511. The number of hydrazine groups is 1. The highest BCUT2D eigenvalue weighted by Crippen LogP contribution is 2.13. The first-order valence-electron chi connectivity index (χ1n) is 6.35. The molecule has 0 spiro atoms. The highest BCUT2D eigenvalue weighted by atomic mass is 16.5. The van der Waals surface area contributed by atoms with Crippen LogP contribution in [0.1, 0.15) is 19.6 Å². The number of rotatable bonds is 7. The van der Waals surface area contributed by atoms with Gasteiger partial charge in [0, 0.05) is 12.5 Å². The molecule has 2 heterocycles. The fourth-order valence-electron chi connectivity index (χ4n) is 1.68. The summed E-state index contributed by atoms with van der Waals surface area (Å²) in [4.78, 5) is 12.3. The average Bonchev–Trinajstić information content (AvgIpc) is 2.91. The minimum atomic E-state index is 0.0867. The first-order chi connectivity index (χ1) is 9.71. The standard InChI is InChI=1S/C12H18N6O2/c1-3-19-12-16-10(15-11(17-12)18-13)14-8(2)7-9-5-4-6-20-9/h4-6,8H,3,7,13H2,1-2H3,(H2,14,15,16,17,18). The van der Waals surface area contributed by atoms with Crippen molar-refractivity contribution >= 4 is 11.9 Å². The zero-order valence-corrected chi connectivity index (χ0v) is 11.5. The Balaban J connectivity index is 2.05. The van der Waals surface area contributed by atoms with Crippen molar-refractivity contribution in [2.24, 2.45) is 5.84 Å². The second-order valence-electron chi connectivity index (χ2n) is 4.17. The molecule has 0 aromatic carbocycles. The van der Waals surface area contributed by atoms with Crippen molar-refractivity contribution < 1.29 is 9.15 Å². The third-order valence-electron chi connectivity index (χ3n) is 2.48. The molecule has 1 unspecified atom stereocenters. The number of hydrogen-bond acceptors (Lipinski definition) is 8. The third-order valence-corrected chi connectivity index (χ3v) is 2.48. The molecule has 8 heteroatoms. The highest BCUT2D eigenvalue weighted by Gasteiger charge is 2.11. The van der Waals surface area contributed by atoms with E-state index in [1.165, 1.54) is 0 Å². The van der Waals surface area contributed by atoms with Crippen molar-refractivity contribution in [3.05, 3.63) is 24.2 Å². The summed E-state index contributed by atoms with van der Waals surface area (Å²) in [5.41, 5.74) is 2.38. The summed E-state index contributed by atoms with van der Waals surface area (Å²) in [7, 11) is 0. The number of aromatic nitrogens is 3. The van der Waals surface area contributed by atoms with Gasteiger partial charge in [0.05, 0.1) is 12.9 Å². The normalized spacial score (nSPS) is 11.9. The van der Waals surface area contributed by atoms with Gasteiger partial charge in [0.1, 0.15) is 5.76 Å². The van der Waals surface area contributed by atoms with Crippen LogP contribution in [0.3, 0.4) is 0 Å². The maximum atomic E-state index is 5.32. The van der Waals surface area contributed by atoms with Crippen molar-refractivity contribution in [3.8, 4) is 6.01 Å². The SMILES string of the molecule is CCOc1nc(NN)nc(NC(C)Cc2ccco2)n1. The van der Waals surface area contributed by atoms with Crippen LogP contribution < -0.4 is 21.3 Å². The molecule has 8 nitrogen and oxygen atoms in total. The summed E-state index contributed by atoms with van der Waals surface area (Å²) in [6.07, 6.45) is 2.36. The molecule has 2 aromatic rings. The Kier molecular flexibility index (Phi) is 4.72. The van der Waals surface area contributed by atoms with Gasteiger partial charge in [0.25, 0.3) is 0 Å². The zero-order chi connectivity index (χ0) is 14.4. The summed E-state index contributed by atoms with van der Waals surface area (Å²) in [5.74, 6) is 6.86. The number of furan rings is 1. The van der Waals surface area contributed by atoms with Crippen molar-refractivity contribution in [2.45, 2.75) is 26.3 Å². The largest absolute Gasteiger partial charge is 0.469 e. The van der Waals surface area contributed by atoms with Crippen LogP contribution in [0.15, 0.2) is 22.8 Å². The molecule has 20 heavy (non-hydrogen) atoms. The Morgan fingerprint density at radius 2 is 2.15 bits per heavy atom. The molecular formula is C12H18N6O2. The van der Waals surface area contributed by atoms with Crippen molar-refractivity contribution in [2.75, 3.05) is 17.3 Å². The van der Waals surface area contributed by atoms with E-state index in [0.717, 1.165) is 5.76 Å². The molecule has 2 rings (SSSR count). The predicted molar refractivity (Wildman–Crippen MR) is 74.3 cm³/mol. The fraction of sp³-hybridized carbons (Fsp3) is 0.417. The van der Waals surface area contributed by atoms with E-state index in [1.807, 2.05) is 26.0 Å². The number of nitrogens with two attached hydrogens (primary N) is 1. The lowest BCUT2D eigenvalue weighted by Crippen LogP contribution is -2.21. The molecule has 0 aliphatic heterocycles. The van der Waals surface area contributed by atoms with Crippen LogP contribution in [0.2, 0.25) is 0 Å². The summed E-state index contributed by atoms with van der Waals surface area (Å²) in [6.45, 7) is 4.32. The molecule has 0 aliphatic rings.